The Morgan fingerprint density at radius 3 is 2.24 bits per heavy atom. The summed E-state index contributed by atoms with van der Waals surface area (Å²) in [5, 5.41) is 0. The van der Waals surface area contributed by atoms with Crippen molar-refractivity contribution in [1.29, 1.82) is 0 Å². The van der Waals surface area contributed by atoms with Crippen LogP contribution in [0.3, 0.4) is 0 Å². The smallest absolute Gasteiger partial charge is 0.244 e. The third-order valence-electron chi connectivity index (χ3n) is 5.33. The van der Waals surface area contributed by atoms with Crippen molar-refractivity contribution in [3.8, 4) is 0 Å². The van der Waals surface area contributed by atoms with Gasteiger partial charge >= 0.3 is 0 Å². The van der Waals surface area contributed by atoms with E-state index in [0.717, 1.165) is 11.1 Å². The van der Waals surface area contributed by atoms with Crippen molar-refractivity contribution in [3.05, 3.63) is 71.5 Å². The fourth-order valence-electron chi connectivity index (χ4n) is 3.75. The number of carbonyl (C=O) groups is 2. The van der Waals surface area contributed by atoms with E-state index < -0.39 is 0 Å². The molecule has 1 aliphatic rings. The van der Waals surface area contributed by atoms with Gasteiger partial charge in [0, 0.05) is 32.6 Å². The van der Waals surface area contributed by atoms with Gasteiger partial charge in [0.05, 0.1) is 0 Å². The van der Waals surface area contributed by atoms with Crippen LogP contribution in [-0.2, 0) is 16.0 Å². The lowest BCUT2D eigenvalue weighted by Crippen LogP contribution is -2.52. The first kappa shape index (κ1) is 21.0. The molecule has 0 bridgehead atoms. The Morgan fingerprint density at radius 1 is 0.966 bits per heavy atom. The fourth-order valence-corrected chi connectivity index (χ4v) is 3.75. The van der Waals surface area contributed by atoms with Crippen molar-refractivity contribution in [2.75, 3.05) is 40.3 Å². The van der Waals surface area contributed by atoms with Crippen molar-refractivity contribution in [2.45, 2.75) is 18.9 Å². The molecule has 5 nitrogen and oxygen atoms in total. The van der Waals surface area contributed by atoms with Crippen LogP contribution in [-0.4, -0.2) is 66.8 Å². The minimum Gasteiger partial charge on any atom is -0.339 e. The molecule has 0 spiro atoms. The standard InChI is InChI=1S/C23H28FN3O2/c1-25(2)22(19-8-4-3-5-9-19)23(29)27-15-13-26(14-16-27)21(28)12-11-18-7-6-10-20(24)17-18/h3-10,17,22H,11-16H2,1-2H3. The predicted octanol–water partition coefficient (Wildman–Crippen LogP) is 2.73. The van der Waals surface area contributed by atoms with Gasteiger partial charge in [-0.1, -0.05) is 42.5 Å². The molecule has 1 aliphatic heterocycles. The highest BCUT2D eigenvalue weighted by Crippen LogP contribution is 2.21. The number of halogens is 1. The normalized spacial score (nSPS) is 15.4. The van der Waals surface area contributed by atoms with E-state index in [9.17, 15) is 14.0 Å². The Labute approximate surface area is 171 Å². The van der Waals surface area contributed by atoms with E-state index in [4.69, 9.17) is 0 Å². The summed E-state index contributed by atoms with van der Waals surface area (Å²) >= 11 is 0. The van der Waals surface area contributed by atoms with Crippen LogP contribution in [0.15, 0.2) is 54.6 Å². The lowest BCUT2D eigenvalue weighted by atomic mass is 10.0. The molecule has 6 heteroatoms. The summed E-state index contributed by atoms with van der Waals surface area (Å²) in [5.74, 6) is -0.169. The average molecular weight is 397 g/mol. The first-order chi connectivity index (χ1) is 14.0. The molecule has 154 valence electrons. The van der Waals surface area contributed by atoms with Crippen molar-refractivity contribution in [1.82, 2.24) is 14.7 Å². The van der Waals surface area contributed by atoms with E-state index in [1.165, 1.54) is 12.1 Å². The van der Waals surface area contributed by atoms with Crippen LogP contribution in [0.25, 0.3) is 0 Å². The van der Waals surface area contributed by atoms with Crippen molar-refractivity contribution >= 4 is 11.8 Å². The minimum absolute atomic E-state index is 0.0496. The number of carbonyl (C=O) groups excluding carboxylic acids is 2. The van der Waals surface area contributed by atoms with Crippen LogP contribution in [0.4, 0.5) is 4.39 Å². The molecule has 2 aromatic carbocycles. The highest BCUT2D eigenvalue weighted by Gasteiger charge is 2.30. The highest BCUT2D eigenvalue weighted by molar-refractivity contribution is 5.84. The van der Waals surface area contributed by atoms with Crippen LogP contribution in [0.5, 0.6) is 0 Å². The summed E-state index contributed by atoms with van der Waals surface area (Å²) in [6.45, 7) is 2.12. The molecule has 1 fully saturated rings. The maximum Gasteiger partial charge on any atom is 0.244 e. The molecule has 0 N–H and O–H groups in total. The topological polar surface area (TPSA) is 43.9 Å². The Kier molecular flexibility index (Phi) is 6.99. The van der Waals surface area contributed by atoms with Gasteiger partial charge in [-0.3, -0.25) is 14.5 Å². The van der Waals surface area contributed by atoms with Gasteiger partial charge in [0.1, 0.15) is 11.9 Å². The van der Waals surface area contributed by atoms with E-state index in [0.29, 0.717) is 39.0 Å². The Balaban J connectivity index is 1.53. The molecule has 29 heavy (non-hydrogen) atoms. The molecular formula is C23H28FN3O2. The molecule has 0 saturated carbocycles. The largest absolute Gasteiger partial charge is 0.339 e. The number of amides is 2. The number of piperazine rings is 1. The van der Waals surface area contributed by atoms with Crippen molar-refractivity contribution < 1.29 is 14.0 Å². The molecule has 0 radical (unpaired) electrons. The van der Waals surface area contributed by atoms with Gasteiger partial charge in [0.25, 0.3) is 0 Å². The maximum atomic E-state index is 13.3. The van der Waals surface area contributed by atoms with Crippen LogP contribution in [0.2, 0.25) is 0 Å². The second kappa shape index (κ2) is 9.65. The van der Waals surface area contributed by atoms with Crippen LogP contribution < -0.4 is 0 Å². The lowest BCUT2D eigenvalue weighted by Gasteiger charge is -2.37. The molecule has 0 aromatic heterocycles. The summed E-state index contributed by atoms with van der Waals surface area (Å²) in [6.07, 6.45) is 0.869. The number of hydrogen-bond acceptors (Lipinski definition) is 3. The van der Waals surface area contributed by atoms with Gasteiger partial charge in [-0.05, 0) is 43.8 Å². The Morgan fingerprint density at radius 2 is 1.62 bits per heavy atom. The SMILES string of the molecule is CN(C)C(C(=O)N1CCN(C(=O)CCc2cccc(F)c2)CC1)c1ccccc1. The van der Waals surface area contributed by atoms with Gasteiger partial charge in [0.2, 0.25) is 11.8 Å². The third kappa shape index (κ3) is 5.41. The summed E-state index contributed by atoms with van der Waals surface area (Å²) < 4.78 is 13.3. The molecule has 1 unspecified atom stereocenters. The van der Waals surface area contributed by atoms with E-state index in [1.807, 2.05) is 60.3 Å². The van der Waals surface area contributed by atoms with Crippen LogP contribution in [0.1, 0.15) is 23.6 Å². The minimum atomic E-state index is -0.327. The maximum absolute atomic E-state index is 13.3. The molecule has 1 atom stereocenters. The zero-order chi connectivity index (χ0) is 20.8. The Bertz CT molecular complexity index is 833. The molecule has 0 aliphatic carbocycles. The summed E-state index contributed by atoms with van der Waals surface area (Å²) in [4.78, 5) is 31.2. The fraction of sp³-hybridized carbons (Fsp3) is 0.391. The van der Waals surface area contributed by atoms with Gasteiger partial charge in [-0.25, -0.2) is 4.39 Å². The first-order valence-corrected chi connectivity index (χ1v) is 9.98. The monoisotopic (exact) mass is 397 g/mol. The molecule has 2 aromatic rings. The number of benzene rings is 2. The predicted molar refractivity (Wildman–Crippen MR) is 111 cm³/mol. The van der Waals surface area contributed by atoms with Gasteiger partial charge in [0.15, 0.2) is 0 Å². The molecule has 1 heterocycles. The van der Waals surface area contributed by atoms with E-state index >= 15 is 0 Å². The number of nitrogens with zero attached hydrogens (tertiary/aromatic N) is 3. The van der Waals surface area contributed by atoms with E-state index in [-0.39, 0.29) is 23.7 Å². The highest BCUT2D eigenvalue weighted by atomic mass is 19.1. The quantitative estimate of drug-likeness (QED) is 0.753. The lowest BCUT2D eigenvalue weighted by molar-refractivity contribution is -0.142. The average Bonchev–Trinajstić information content (AvgIpc) is 2.73. The number of aryl methyl sites for hydroxylation is 1. The summed E-state index contributed by atoms with van der Waals surface area (Å²) in [5.41, 5.74) is 1.79. The second-order valence-electron chi connectivity index (χ2n) is 7.61. The molecule has 2 amide bonds. The van der Waals surface area contributed by atoms with Gasteiger partial charge in [-0.15, -0.1) is 0 Å². The first-order valence-electron chi connectivity index (χ1n) is 9.98. The molecule has 1 saturated heterocycles. The van der Waals surface area contributed by atoms with Crippen LogP contribution >= 0.6 is 0 Å². The van der Waals surface area contributed by atoms with E-state index in [1.54, 1.807) is 11.0 Å². The number of likely N-dealkylation sites (N-methyl/N-ethyl adjacent to an activating group) is 1. The second-order valence-corrected chi connectivity index (χ2v) is 7.61. The molecular weight excluding hydrogens is 369 g/mol. The van der Waals surface area contributed by atoms with Crippen molar-refractivity contribution in [2.24, 2.45) is 0 Å². The molecule has 3 rings (SSSR count). The number of hydrogen-bond donors (Lipinski definition) is 0. The van der Waals surface area contributed by atoms with Crippen LogP contribution in [0, 0.1) is 5.82 Å². The van der Waals surface area contributed by atoms with Crippen molar-refractivity contribution in [3.63, 3.8) is 0 Å². The number of rotatable bonds is 6. The zero-order valence-corrected chi connectivity index (χ0v) is 17.1. The Hall–Kier alpha value is -2.73. The van der Waals surface area contributed by atoms with E-state index in [2.05, 4.69) is 0 Å². The van der Waals surface area contributed by atoms with Gasteiger partial charge < -0.3 is 9.80 Å². The third-order valence-corrected chi connectivity index (χ3v) is 5.33. The summed E-state index contributed by atoms with van der Waals surface area (Å²) in [6, 6.07) is 15.8. The summed E-state index contributed by atoms with van der Waals surface area (Å²) in [7, 11) is 3.81. The zero-order valence-electron chi connectivity index (χ0n) is 17.1. The van der Waals surface area contributed by atoms with Gasteiger partial charge in [-0.2, -0.15) is 0 Å².